The molecular formula is C13H20N2O3S. The smallest absolute Gasteiger partial charge is 0.348 e. The van der Waals surface area contributed by atoms with Crippen molar-refractivity contribution in [3.63, 3.8) is 0 Å². The van der Waals surface area contributed by atoms with Crippen LogP contribution in [0.3, 0.4) is 0 Å². The van der Waals surface area contributed by atoms with Crippen LogP contribution in [0.1, 0.15) is 41.2 Å². The first-order valence-electron chi connectivity index (χ1n) is 6.30. The predicted octanol–water partition coefficient (Wildman–Crippen LogP) is 2.10. The fraction of sp³-hybridized carbons (Fsp3) is 0.538. The van der Waals surface area contributed by atoms with Crippen LogP contribution in [-0.4, -0.2) is 24.5 Å². The largest absolute Gasteiger partial charge is 0.451 e. The van der Waals surface area contributed by atoms with Gasteiger partial charge < -0.3 is 15.8 Å². The number of carbonyl (C=O) groups is 2. The average molecular weight is 284 g/mol. The van der Waals surface area contributed by atoms with Gasteiger partial charge in [-0.3, -0.25) is 4.79 Å². The molecule has 1 aromatic heterocycles. The lowest BCUT2D eigenvalue weighted by Crippen LogP contribution is -2.36. The highest BCUT2D eigenvalue weighted by molar-refractivity contribution is 7.14. The van der Waals surface area contributed by atoms with Crippen LogP contribution in [0.4, 0.5) is 5.69 Å². The maximum absolute atomic E-state index is 11.7. The van der Waals surface area contributed by atoms with E-state index in [1.54, 1.807) is 6.07 Å². The number of thiophene rings is 1. The second-order valence-corrected chi connectivity index (χ2v) is 5.54. The van der Waals surface area contributed by atoms with Gasteiger partial charge in [-0.1, -0.05) is 13.8 Å². The van der Waals surface area contributed by atoms with Crippen molar-refractivity contribution in [3.8, 4) is 0 Å². The molecule has 0 aliphatic carbocycles. The fourth-order valence-electron chi connectivity index (χ4n) is 1.56. The summed E-state index contributed by atoms with van der Waals surface area (Å²) in [5.74, 6) is -0.784. The third-order valence-corrected chi connectivity index (χ3v) is 3.89. The molecule has 0 aliphatic rings. The lowest BCUT2D eigenvalue weighted by Gasteiger charge is -2.14. The first kappa shape index (κ1) is 15.5. The molecule has 0 aliphatic heterocycles. The number of nitrogen functional groups attached to an aromatic ring is 1. The lowest BCUT2D eigenvalue weighted by molar-refractivity contribution is -0.125. The number of amides is 1. The number of esters is 1. The van der Waals surface area contributed by atoms with Crippen molar-refractivity contribution in [3.05, 3.63) is 15.8 Å². The van der Waals surface area contributed by atoms with Crippen molar-refractivity contribution in [1.82, 2.24) is 5.32 Å². The first-order chi connectivity index (χ1) is 8.97. The summed E-state index contributed by atoms with van der Waals surface area (Å²) in [5, 5.41) is 2.80. The highest BCUT2D eigenvalue weighted by Crippen LogP contribution is 2.23. The zero-order valence-electron chi connectivity index (χ0n) is 11.5. The number of carbonyl (C=O) groups excluding carboxylic acids is 2. The SMILES string of the molecule is CCC(CC)NC(=O)COC(=O)c1cc(N)c(C)s1. The lowest BCUT2D eigenvalue weighted by atomic mass is 10.2. The van der Waals surface area contributed by atoms with E-state index >= 15 is 0 Å². The molecule has 106 valence electrons. The Balaban J connectivity index is 2.44. The van der Waals surface area contributed by atoms with Gasteiger partial charge in [0.15, 0.2) is 6.61 Å². The van der Waals surface area contributed by atoms with Gasteiger partial charge in [0.05, 0.1) is 0 Å². The van der Waals surface area contributed by atoms with E-state index < -0.39 is 5.97 Å². The number of ether oxygens (including phenoxy) is 1. The van der Waals surface area contributed by atoms with E-state index in [9.17, 15) is 9.59 Å². The third-order valence-electron chi connectivity index (χ3n) is 2.84. The molecule has 0 saturated heterocycles. The maximum atomic E-state index is 11.7. The van der Waals surface area contributed by atoms with Crippen molar-refractivity contribution in [2.75, 3.05) is 12.3 Å². The summed E-state index contributed by atoms with van der Waals surface area (Å²) in [6.45, 7) is 5.57. The van der Waals surface area contributed by atoms with Crippen molar-refractivity contribution in [1.29, 1.82) is 0 Å². The van der Waals surface area contributed by atoms with E-state index in [1.165, 1.54) is 11.3 Å². The zero-order chi connectivity index (χ0) is 14.4. The summed E-state index contributed by atoms with van der Waals surface area (Å²) in [6.07, 6.45) is 1.72. The van der Waals surface area contributed by atoms with E-state index in [-0.39, 0.29) is 18.6 Å². The summed E-state index contributed by atoms with van der Waals surface area (Å²) in [7, 11) is 0. The number of anilines is 1. The fourth-order valence-corrected chi connectivity index (χ4v) is 2.40. The minimum atomic E-state index is -0.510. The number of rotatable bonds is 6. The molecule has 0 fully saturated rings. The minimum Gasteiger partial charge on any atom is -0.451 e. The highest BCUT2D eigenvalue weighted by atomic mass is 32.1. The van der Waals surface area contributed by atoms with Gasteiger partial charge in [-0.2, -0.15) is 0 Å². The molecule has 1 aromatic rings. The quantitative estimate of drug-likeness (QED) is 0.784. The normalized spacial score (nSPS) is 10.5. The minimum absolute atomic E-state index is 0.130. The van der Waals surface area contributed by atoms with Crippen LogP contribution in [0.15, 0.2) is 6.07 Å². The van der Waals surface area contributed by atoms with Gasteiger partial charge in [0.25, 0.3) is 5.91 Å². The Morgan fingerprint density at radius 1 is 1.42 bits per heavy atom. The topological polar surface area (TPSA) is 81.4 Å². The van der Waals surface area contributed by atoms with Crippen LogP contribution >= 0.6 is 11.3 Å². The van der Waals surface area contributed by atoms with Crippen LogP contribution in [-0.2, 0) is 9.53 Å². The first-order valence-corrected chi connectivity index (χ1v) is 7.11. The molecule has 0 saturated carbocycles. The zero-order valence-corrected chi connectivity index (χ0v) is 12.3. The van der Waals surface area contributed by atoms with Gasteiger partial charge in [-0.25, -0.2) is 4.79 Å². The molecule has 0 atom stereocenters. The Bertz CT molecular complexity index is 433. The van der Waals surface area contributed by atoms with Gasteiger partial charge in [0.2, 0.25) is 0 Å². The predicted molar refractivity (Wildman–Crippen MR) is 76.3 cm³/mol. The standard InChI is InChI=1S/C13H20N2O3S/c1-4-9(5-2)15-12(16)7-18-13(17)11-6-10(14)8(3)19-11/h6,9H,4-5,7,14H2,1-3H3,(H,15,16). The Labute approximate surface area is 117 Å². The van der Waals surface area contributed by atoms with Crippen molar-refractivity contribution < 1.29 is 14.3 Å². The van der Waals surface area contributed by atoms with Crippen LogP contribution in [0, 0.1) is 6.92 Å². The molecule has 0 bridgehead atoms. The molecule has 19 heavy (non-hydrogen) atoms. The monoisotopic (exact) mass is 284 g/mol. The molecule has 3 N–H and O–H groups in total. The Kier molecular flexibility index (Phi) is 5.82. The van der Waals surface area contributed by atoms with Gasteiger partial charge >= 0.3 is 5.97 Å². The Morgan fingerprint density at radius 2 is 2.05 bits per heavy atom. The molecule has 6 heteroatoms. The van der Waals surface area contributed by atoms with E-state index in [1.807, 2.05) is 20.8 Å². The second-order valence-electron chi connectivity index (χ2n) is 4.28. The number of nitrogens with one attached hydrogen (secondary N) is 1. The van der Waals surface area contributed by atoms with E-state index in [4.69, 9.17) is 10.5 Å². The summed E-state index contributed by atoms with van der Waals surface area (Å²) in [4.78, 5) is 24.6. The number of hydrogen-bond acceptors (Lipinski definition) is 5. The van der Waals surface area contributed by atoms with Gasteiger partial charge in [-0.05, 0) is 25.8 Å². The van der Waals surface area contributed by atoms with Gasteiger partial charge in [-0.15, -0.1) is 11.3 Å². The number of aryl methyl sites for hydroxylation is 1. The summed E-state index contributed by atoms with van der Waals surface area (Å²) in [5.41, 5.74) is 6.23. The van der Waals surface area contributed by atoms with E-state index in [0.717, 1.165) is 17.7 Å². The average Bonchev–Trinajstić information content (AvgIpc) is 2.73. The van der Waals surface area contributed by atoms with Crippen LogP contribution in [0.2, 0.25) is 0 Å². The molecule has 0 spiro atoms. The van der Waals surface area contributed by atoms with Crippen molar-refractivity contribution in [2.45, 2.75) is 39.7 Å². The summed E-state index contributed by atoms with van der Waals surface area (Å²) >= 11 is 1.27. The maximum Gasteiger partial charge on any atom is 0.348 e. The molecule has 1 rings (SSSR count). The highest BCUT2D eigenvalue weighted by Gasteiger charge is 2.15. The second kappa shape index (κ2) is 7.13. The number of hydrogen-bond donors (Lipinski definition) is 2. The molecular weight excluding hydrogens is 264 g/mol. The van der Waals surface area contributed by atoms with Crippen molar-refractivity contribution >= 4 is 28.9 Å². The van der Waals surface area contributed by atoms with Crippen LogP contribution in [0.5, 0.6) is 0 Å². The third kappa shape index (κ3) is 4.55. The summed E-state index contributed by atoms with van der Waals surface area (Å²) in [6, 6.07) is 1.70. The molecule has 1 heterocycles. The Hall–Kier alpha value is -1.56. The van der Waals surface area contributed by atoms with Crippen molar-refractivity contribution in [2.24, 2.45) is 0 Å². The molecule has 0 unspecified atom stereocenters. The van der Waals surface area contributed by atoms with E-state index in [0.29, 0.717) is 10.6 Å². The number of nitrogens with two attached hydrogens (primary N) is 1. The van der Waals surface area contributed by atoms with Crippen LogP contribution < -0.4 is 11.1 Å². The summed E-state index contributed by atoms with van der Waals surface area (Å²) < 4.78 is 4.95. The van der Waals surface area contributed by atoms with Gasteiger partial charge in [0, 0.05) is 16.6 Å². The van der Waals surface area contributed by atoms with Crippen LogP contribution in [0.25, 0.3) is 0 Å². The molecule has 0 radical (unpaired) electrons. The molecule has 5 nitrogen and oxygen atoms in total. The molecule has 1 amide bonds. The van der Waals surface area contributed by atoms with Gasteiger partial charge in [0.1, 0.15) is 4.88 Å². The molecule has 0 aromatic carbocycles. The van der Waals surface area contributed by atoms with E-state index in [2.05, 4.69) is 5.32 Å². The Morgan fingerprint density at radius 3 is 2.53 bits per heavy atom.